The van der Waals surface area contributed by atoms with E-state index >= 15 is 0 Å². The Morgan fingerprint density at radius 1 is 1.46 bits per heavy atom. The average Bonchev–Trinajstić information content (AvgIpc) is 3.09. The molecule has 2 aromatic heterocycles. The maximum atomic E-state index is 12.2. The number of pyridine rings is 1. The van der Waals surface area contributed by atoms with Crippen LogP contribution in [-0.2, 0) is 19.5 Å². The zero-order valence-electron chi connectivity index (χ0n) is 14.0. The molecule has 0 bridgehead atoms. The van der Waals surface area contributed by atoms with Crippen LogP contribution < -0.4 is 10.6 Å². The summed E-state index contributed by atoms with van der Waals surface area (Å²) < 4.78 is 1.76. The van der Waals surface area contributed by atoms with Crippen molar-refractivity contribution in [2.75, 3.05) is 13.1 Å². The normalized spacial score (nSPS) is 17.6. The molecule has 3 heterocycles. The van der Waals surface area contributed by atoms with Crippen molar-refractivity contribution in [3.63, 3.8) is 0 Å². The molecular formula is C17H24N6O. The van der Waals surface area contributed by atoms with E-state index in [0.29, 0.717) is 18.2 Å². The second kappa shape index (κ2) is 8.01. The monoisotopic (exact) mass is 328 g/mol. The van der Waals surface area contributed by atoms with Crippen LogP contribution in [0.4, 0.5) is 0 Å². The third-order valence-electron chi connectivity index (χ3n) is 4.34. The van der Waals surface area contributed by atoms with Gasteiger partial charge in [-0.05, 0) is 49.9 Å². The predicted octanol–water partition coefficient (Wildman–Crippen LogP) is 1.17. The lowest BCUT2D eigenvalue weighted by Crippen LogP contribution is -2.32. The van der Waals surface area contributed by atoms with Crippen LogP contribution in [0.25, 0.3) is 0 Å². The van der Waals surface area contributed by atoms with E-state index < -0.39 is 0 Å². The summed E-state index contributed by atoms with van der Waals surface area (Å²) in [4.78, 5) is 16.5. The van der Waals surface area contributed by atoms with Gasteiger partial charge in [-0.3, -0.25) is 14.5 Å². The fourth-order valence-corrected chi connectivity index (χ4v) is 2.87. The standard InChI is InChI=1S/C17H24N6O/c1-2-13-5-6-15(19-9-13)10-20-17(24)16-12-23(22-21-16)11-14-4-3-7-18-8-14/h5-6,9,12,14,18H,2-4,7-8,10-11H2,1H3,(H,20,24)/t14-/m1/s1. The summed E-state index contributed by atoms with van der Waals surface area (Å²) in [7, 11) is 0. The number of carbonyl (C=O) groups excluding carboxylic acids is 1. The van der Waals surface area contributed by atoms with Gasteiger partial charge >= 0.3 is 0 Å². The third-order valence-corrected chi connectivity index (χ3v) is 4.34. The van der Waals surface area contributed by atoms with E-state index in [4.69, 9.17) is 0 Å². The average molecular weight is 328 g/mol. The van der Waals surface area contributed by atoms with Crippen molar-refractivity contribution in [3.8, 4) is 0 Å². The molecule has 2 N–H and O–H groups in total. The lowest BCUT2D eigenvalue weighted by Gasteiger charge is -2.22. The van der Waals surface area contributed by atoms with E-state index in [2.05, 4.69) is 32.9 Å². The number of hydrogen-bond acceptors (Lipinski definition) is 5. The van der Waals surface area contributed by atoms with E-state index in [1.807, 2.05) is 18.3 Å². The van der Waals surface area contributed by atoms with Crippen molar-refractivity contribution < 1.29 is 4.79 Å². The fourth-order valence-electron chi connectivity index (χ4n) is 2.87. The number of carbonyl (C=O) groups is 1. The maximum Gasteiger partial charge on any atom is 0.273 e. The number of aromatic nitrogens is 4. The molecule has 0 aliphatic carbocycles. The maximum absolute atomic E-state index is 12.2. The first-order valence-corrected chi connectivity index (χ1v) is 8.57. The van der Waals surface area contributed by atoms with Gasteiger partial charge in [0.1, 0.15) is 0 Å². The number of amides is 1. The van der Waals surface area contributed by atoms with Gasteiger partial charge in [-0.25, -0.2) is 0 Å². The van der Waals surface area contributed by atoms with Crippen molar-refractivity contribution in [1.82, 2.24) is 30.6 Å². The summed E-state index contributed by atoms with van der Waals surface area (Å²) in [6, 6.07) is 3.97. The highest BCUT2D eigenvalue weighted by Crippen LogP contribution is 2.12. The van der Waals surface area contributed by atoms with Crippen LogP contribution in [0.1, 0.15) is 41.5 Å². The zero-order valence-corrected chi connectivity index (χ0v) is 14.0. The number of aryl methyl sites for hydroxylation is 1. The van der Waals surface area contributed by atoms with E-state index in [9.17, 15) is 4.79 Å². The number of rotatable bonds is 6. The van der Waals surface area contributed by atoms with Gasteiger partial charge in [-0.2, -0.15) is 0 Å². The van der Waals surface area contributed by atoms with Crippen molar-refractivity contribution in [2.45, 2.75) is 39.3 Å². The van der Waals surface area contributed by atoms with E-state index in [0.717, 1.165) is 31.7 Å². The second-order valence-electron chi connectivity index (χ2n) is 6.23. The summed E-state index contributed by atoms with van der Waals surface area (Å²) in [6.45, 7) is 5.37. The highest BCUT2D eigenvalue weighted by atomic mass is 16.2. The Labute approximate surface area is 141 Å². The predicted molar refractivity (Wildman–Crippen MR) is 90.4 cm³/mol. The van der Waals surface area contributed by atoms with Crippen molar-refractivity contribution >= 4 is 5.91 Å². The minimum Gasteiger partial charge on any atom is -0.345 e. The van der Waals surface area contributed by atoms with Crippen LogP contribution in [0.5, 0.6) is 0 Å². The minimum atomic E-state index is -0.218. The smallest absolute Gasteiger partial charge is 0.273 e. The molecule has 0 unspecified atom stereocenters. The molecule has 3 rings (SSSR count). The molecule has 0 saturated carbocycles. The Hall–Kier alpha value is -2.28. The van der Waals surface area contributed by atoms with Crippen LogP contribution in [0.3, 0.4) is 0 Å². The largest absolute Gasteiger partial charge is 0.345 e. The molecule has 128 valence electrons. The van der Waals surface area contributed by atoms with Crippen LogP contribution >= 0.6 is 0 Å². The number of nitrogens with one attached hydrogen (secondary N) is 2. The Bertz CT molecular complexity index is 660. The Balaban J connectivity index is 1.51. The summed E-state index contributed by atoms with van der Waals surface area (Å²) in [5.41, 5.74) is 2.37. The Morgan fingerprint density at radius 2 is 2.38 bits per heavy atom. The topological polar surface area (TPSA) is 84.7 Å². The van der Waals surface area contributed by atoms with Crippen LogP contribution in [0.15, 0.2) is 24.5 Å². The van der Waals surface area contributed by atoms with Gasteiger partial charge in [0.05, 0.1) is 18.4 Å². The van der Waals surface area contributed by atoms with Gasteiger partial charge < -0.3 is 10.6 Å². The van der Waals surface area contributed by atoms with E-state index in [1.165, 1.54) is 18.4 Å². The molecule has 0 radical (unpaired) electrons. The first kappa shape index (κ1) is 16.6. The zero-order chi connectivity index (χ0) is 16.8. The molecule has 0 aromatic carbocycles. The molecule has 1 amide bonds. The van der Waals surface area contributed by atoms with Gasteiger partial charge in [0.2, 0.25) is 0 Å². The molecule has 1 fully saturated rings. The molecule has 2 aromatic rings. The Morgan fingerprint density at radius 3 is 3.08 bits per heavy atom. The minimum absolute atomic E-state index is 0.218. The van der Waals surface area contributed by atoms with Crippen molar-refractivity contribution in [2.24, 2.45) is 5.92 Å². The van der Waals surface area contributed by atoms with Crippen LogP contribution in [-0.4, -0.2) is 39.0 Å². The summed E-state index contributed by atoms with van der Waals surface area (Å²) in [5, 5.41) is 14.3. The molecule has 24 heavy (non-hydrogen) atoms. The molecule has 7 heteroatoms. The number of nitrogens with zero attached hydrogens (tertiary/aromatic N) is 4. The molecule has 1 saturated heterocycles. The van der Waals surface area contributed by atoms with Crippen LogP contribution in [0, 0.1) is 5.92 Å². The van der Waals surface area contributed by atoms with Crippen molar-refractivity contribution in [3.05, 3.63) is 41.5 Å². The van der Waals surface area contributed by atoms with E-state index in [-0.39, 0.29) is 5.91 Å². The van der Waals surface area contributed by atoms with Gasteiger partial charge in [0.15, 0.2) is 5.69 Å². The summed E-state index contributed by atoms with van der Waals surface area (Å²) >= 11 is 0. The highest BCUT2D eigenvalue weighted by Gasteiger charge is 2.16. The van der Waals surface area contributed by atoms with E-state index in [1.54, 1.807) is 10.9 Å². The quantitative estimate of drug-likeness (QED) is 0.831. The highest BCUT2D eigenvalue weighted by molar-refractivity contribution is 5.91. The third kappa shape index (κ3) is 4.38. The van der Waals surface area contributed by atoms with Gasteiger partial charge in [-0.1, -0.05) is 18.2 Å². The van der Waals surface area contributed by atoms with Gasteiger partial charge in [0.25, 0.3) is 5.91 Å². The molecule has 7 nitrogen and oxygen atoms in total. The lowest BCUT2D eigenvalue weighted by molar-refractivity contribution is 0.0945. The SMILES string of the molecule is CCc1ccc(CNC(=O)c2cn(C[C@@H]3CCCNC3)nn2)nc1. The summed E-state index contributed by atoms with van der Waals surface area (Å²) in [5.74, 6) is 0.335. The van der Waals surface area contributed by atoms with Crippen molar-refractivity contribution in [1.29, 1.82) is 0 Å². The fraction of sp³-hybridized carbons (Fsp3) is 0.529. The first-order valence-electron chi connectivity index (χ1n) is 8.57. The molecule has 1 atom stereocenters. The van der Waals surface area contributed by atoms with Crippen LogP contribution in [0.2, 0.25) is 0 Å². The number of hydrogen-bond donors (Lipinski definition) is 2. The molecule has 1 aliphatic rings. The van der Waals surface area contributed by atoms with Gasteiger partial charge in [-0.15, -0.1) is 5.10 Å². The van der Waals surface area contributed by atoms with Gasteiger partial charge in [0, 0.05) is 12.7 Å². The molecular weight excluding hydrogens is 304 g/mol. The molecule has 0 spiro atoms. The lowest BCUT2D eigenvalue weighted by atomic mass is 10.00. The first-order chi connectivity index (χ1) is 11.7. The summed E-state index contributed by atoms with van der Waals surface area (Å²) in [6.07, 6.45) is 6.90. The second-order valence-corrected chi connectivity index (χ2v) is 6.23. The number of piperidine rings is 1. The Kier molecular flexibility index (Phi) is 5.53. The molecule has 1 aliphatic heterocycles.